The van der Waals surface area contributed by atoms with Crippen LogP contribution in [0.5, 0.6) is 5.75 Å². The molecule has 1 unspecified atom stereocenters. The minimum absolute atomic E-state index is 0.128. The van der Waals surface area contributed by atoms with Crippen molar-refractivity contribution in [2.75, 3.05) is 46.0 Å². The van der Waals surface area contributed by atoms with Crippen molar-refractivity contribution in [1.82, 2.24) is 9.80 Å². The molecule has 33 heavy (non-hydrogen) atoms. The normalized spacial score (nSPS) is 18.5. The fourth-order valence-electron chi connectivity index (χ4n) is 4.55. The number of morpholine rings is 1. The summed E-state index contributed by atoms with van der Waals surface area (Å²) < 4.78 is 17.2. The highest BCUT2D eigenvalue weighted by atomic mass is 16.5. The summed E-state index contributed by atoms with van der Waals surface area (Å²) in [6.45, 7) is 8.25. The number of carbonyl (C=O) groups excluding carboxylic acids is 1. The summed E-state index contributed by atoms with van der Waals surface area (Å²) in [6.07, 6.45) is 1.68. The van der Waals surface area contributed by atoms with E-state index >= 15 is 0 Å². The Morgan fingerprint density at radius 2 is 1.88 bits per heavy atom. The molecule has 0 bridgehead atoms. The summed E-state index contributed by atoms with van der Waals surface area (Å²) in [4.78, 5) is 31.1. The molecule has 5 rings (SSSR count). The molecule has 7 nitrogen and oxygen atoms in total. The van der Waals surface area contributed by atoms with Crippen LogP contribution in [-0.2, 0) is 4.74 Å². The van der Waals surface area contributed by atoms with Crippen LogP contribution in [0.25, 0.3) is 11.0 Å². The van der Waals surface area contributed by atoms with Gasteiger partial charge in [-0.3, -0.25) is 14.5 Å². The lowest BCUT2D eigenvalue weighted by Crippen LogP contribution is -2.42. The summed E-state index contributed by atoms with van der Waals surface area (Å²) >= 11 is 0. The summed E-state index contributed by atoms with van der Waals surface area (Å²) in [5.41, 5.74) is 1.46. The quantitative estimate of drug-likeness (QED) is 0.519. The molecule has 1 atom stereocenters. The number of rotatable bonds is 7. The molecular weight excluding hydrogens is 420 g/mol. The molecule has 0 saturated carbocycles. The van der Waals surface area contributed by atoms with Crippen LogP contribution in [0.2, 0.25) is 0 Å². The van der Waals surface area contributed by atoms with E-state index in [-0.39, 0.29) is 17.1 Å². The van der Waals surface area contributed by atoms with Gasteiger partial charge in [0.15, 0.2) is 5.43 Å². The summed E-state index contributed by atoms with van der Waals surface area (Å²) in [5, 5.41) is 0.475. The van der Waals surface area contributed by atoms with E-state index in [2.05, 4.69) is 11.5 Å². The van der Waals surface area contributed by atoms with E-state index in [1.807, 2.05) is 24.3 Å². The van der Waals surface area contributed by atoms with Crippen molar-refractivity contribution >= 4 is 16.9 Å². The van der Waals surface area contributed by atoms with E-state index in [1.54, 1.807) is 35.2 Å². The van der Waals surface area contributed by atoms with Crippen LogP contribution in [0.3, 0.4) is 0 Å². The number of para-hydroxylation sites is 1. The third kappa shape index (κ3) is 4.05. The number of benzene rings is 2. The number of nitrogens with zero attached hydrogens (tertiary/aromatic N) is 2. The van der Waals surface area contributed by atoms with Crippen molar-refractivity contribution in [2.24, 2.45) is 0 Å². The monoisotopic (exact) mass is 446 g/mol. The van der Waals surface area contributed by atoms with E-state index in [4.69, 9.17) is 13.9 Å². The van der Waals surface area contributed by atoms with Crippen LogP contribution in [-0.4, -0.2) is 61.7 Å². The van der Waals surface area contributed by atoms with Crippen LogP contribution >= 0.6 is 0 Å². The van der Waals surface area contributed by atoms with Gasteiger partial charge in [0.05, 0.1) is 30.2 Å². The van der Waals surface area contributed by atoms with Gasteiger partial charge in [-0.2, -0.15) is 0 Å². The first-order valence-corrected chi connectivity index (χ1v) is 11.2. The van der Waals surface area contributed by atoms with E-state index < -0.39 is 6.04 Å². The lowest BCUT2D eigenvalue weighted by Gasteiger charge is -2.31. The van der Waals surface area contributed by atoms with Gasteiger partial charge in [-0.05, 0) is 29.8 Å². The van der Waals surface area contributed by atoms with Gasteiger partial charge in [0, 0.05) is 26.2 Å². The van der Waals surface area contributed by atoms with Crippen molar-refractivity contribution in [3.8, 4) is 5.75 Å². The maximum Gasteiger partial charge on any atom is 0.290 e. The van der Waals surface area contributed by atoms with E-state index in [0.717, 1.165) is 18.7 Å². The van der Waals surface area contributed by atoms with Crippen LogP contribution in [0.15, 0.2) is 70.4 Å². The van der Waals surface area contributed by atoms with Gasteiger partial charge >= 0.3 is 0 Å². The molecule has 3 aromatic rings. The van der Waals surface area contributed by atoms with Gasteiger partial charge in [0.2, 0.25) is 5.76 Å². The number of fused-ring (bicyclic) bond motifs is 2. The Morgan fingerprint density at radius 1 is 1.06 bits per heavy atom. The molecule has 0 radical (unpaired) electrons. The molecule has 1 aromatic heterocycles. The number of amides is 1. The predicted octanol–water partition coefficient (Wildman–Crippen LogP) is 3.24. The average molecular weight is 447 g/mol. The molecule has 1 fully saturated rings. The molecule has 2 aromatic carbocycles. The lowest BCUT2D eigenvalue weighted by molar-refractivity contribution is 0.0314. The molecule has 7 heteroatoms. The average Bonchev–Trinajstić information content (AvgIpc) is 3.14. The van der Waals surface area contributed by atoms with Gasteiger partial charge in [-0.15, -0.1) is 0 Å². The van der Waals surface area contributed by atoms with Crippen LogP contribution < -0.4 is 10.2 Å². The highest BCUT2D eigenvalue weighted by molar-refractivity contribution is 5.99. The van der Waals surface area contributed by atoms with Gasteiger partial charge in [-0.1, -0.05) is 36.9 Å². The Bertz CT molecular complexity index is 1240. The Kier molecular flexibility index (Phi) is 5.98. The summed E-state index contributed by atoms with van der Waals surface area (Å²) in [5.74, 6) is 0.526. The Morgan fingerprint density at radius 3 is 2.70 bits per heavy atom. The second-order valence-corrected chi connectivity index (χ2v) is 8.20. The first-order valence-electron chi connectivity index (χ1n) is 11.2. The minimum Gasteiger partial charge on any atom is -0.490 e. The van der Waals surface area contributed by atoms with Crippen LogP contribution in [0.4, 0.5) is 0 Å². The standard InChI is InChI=1S/C26H26N2O5/c1-2-14-32-19-7-5-6-18(17-19)23-22-24(29)20-8-3-4-9-21(20)33-25(22)26(30)28(23)11-10-27-12-15-31-16-13-27/h2-9,17,23H,1,10-16H2. The first-order chi connectivity index (χ1) is 16.2. The molecule has 1 saturated heterocycles. The fraction of sp³-hybridized carbons (Fsp3) is 0.308. The van der Waals surface area contributed by atoms with E-state index in [1.165, 1.54) is 0 Å². The van der Waals surface area contributed by atoms with Crippen molar-refractivity contribution < 1.29 is 18.7 Å². The van der Waals surface area contributed by atoms with Gasteiger partial charge in [-0.25, -0.2) is 0 Å². The van der Waals surface area contributed by atoms with Crippen molar-refractivity contribution in [3.05, 3.63) is 88.3 Å². The number of ether oxygens (including phenoxy) is 2. The SMILES string of the molecule is C=CCOc1cccc(C2c3c(oc4ccccc4c3=O)C(=O)N2CCN2CCOCC2)c1. The third-order valence-electron chi connectivity index (χ3n) is 6.18. The zero-order chi connectivity index (χ0) is 22.8. The second kappa shape index (κ2) is 9.21. The molecular formula is C26H26N2O5. The van der Waals surface area contributed by atoms with Crippen LogP contribution in [0.1, 0.15) is 27.7 Å². The van der Waals surface area contributed by atoms with E-state index in [0.29, 0.717) is 55.2 Å². The maximum absolute atomic E-state index is 13.5. The Balaban J connectivity index is 1.58. The smallest absolute Gasteiger partial charge is 0.290 e. The molecule has 0 aliphatic carbocycles. The molecule has 2 aliphatic heterocycles. The zero-order valence-corrected chi connectivity index (χ0v) is 18.4. The van der Waals surface area contributed by atoms with E-state index in [9.17, 15) is 9.59 Å². The fourth-order valence-corrected chi connectivity index (χ4v) is 4.55. The number of hydrogen-bond acceptors (Lipinski definition) is 6. The molecule has 0 spiro atoms. The largest absolute Gasteiger partial charge is 0.490 e. The lowest BCUT2D eigenvalue weighted by atomic mass is 9.98. The number of hydrogen-bond donors (Lipinski definition) is 0. The molecule has 170 valence electrons. The second-order valence-electron chi connectivity index (χ2n) is 8.20. The predicted molar refractivity (Wildman–Crippen MR) is 125 cm³/mol. The molecule has 2 aliphatic rings. The van der Waals surface area contributed by atoms with Gasteiger partial charge in [0.25, 0.3) is 5.91 Å². The van der Waals surface area contributed by atoms with Crippen molar-refractivity contribution in [2.45, 2.75) is 6.04 Å². The van der Waals surface area contributed by atoms with Crippen LogP contribution in [0, 0.1) is 0 Å². The van der Waals surface area contributed by atoms with Crippen molar-refractivity contribution in [1.29, 1.82) is 0 Å². The molecule has 0 N–H and O–H groups in total. The summed E-state index contributed by atoms with van der Waals surface area (Å²) in [6, 6.07) is 14.0. The maximum atomic E-state index is 13.5. The topological polar surface area (TPSA) is 72.2 Å². The first kappa shape index (κ1) is 21.4. The number of carbonyl (C=O) groups is 1. The highest BCUT2D eigenvalue weighted by Crippen LogP contribution is 2.38. The summed E-state index contributed by atoms with van der Waals surface area (Å²) in [7, 11) is 0. The van der Waals surface area contributed by atoms with Gasteiger partial charge < -0.3 is 18.8 Å². The minimum atomic E-state index is -0.540. The third-order valence-corrected chi connectivity index (χ3v) is 6.18. The van der Waals surface area contributed by atoms with Crippen molar-refractivity contribution in [3.63, 3.8) is 0 Å². The Labute approximate surface area is 191 Å². The van der Waals surface area contributed by atoms with Gasteiger partial charge in [0.1, 0.15) is 17.9 Å². The zero-order valence-electron chi connectivity index (χ0n) is 18.4. The highest BCUT2D eigenvalue weighted by Gasteiger charge is 2.42. The molecule has 3 heterocycles. The molecule has 1 amide bonds. The Hall–Kier alpha value is -3.42.